The van der Waals surface area contributed by atoms with Crippen LogP contribution < -0.4 is 35.7 Å². The highest BCUT2D eigenvalue weighted by Crippen LogP contribution is 2.44. The van der Waals surface area contributed by atoms with Gasteiger partial charge in [0.05, 0.1) is 0 Å². The van der Waals surface area contributed by atoms with Gasteiger partial charge >= 0.3 is 0 Å². The molecule has 0 saturated carbocycles. The van der Waals surface area contributed by atoms with Crippen molar-refractivity contribution in [2.24, 2.45) is 0 Å². The average molecular weight is 985 g/mol. The second-order valence-corrected chi connectivity index (χ2v) is 20.4. The van der Waals surface area contributed by atoms with Crippen LogP contribution in [0.2, 0.25) is 0 Å². The SMILES string of the molecule is c1ccc(N(c2ccc3ccccc3c2)c2ccc3cc4c(cc3c2)oc2cc3c(cc24)Oc2cccc4c2B3c2cc3oc5cc6cc(N(c7ccccc7)c7ccc8ccccc8c7)ccc6cc5c3cc2O4)cc1. The molecule has 0 fully saturated rings. The molecule has 13 aromatic carbocycles. The molecular weight excluding hydrogens is 944 g/mol. The van der Waals surface area contributed by atoms with E-state index in [-0.39, 0.29) is 6.71 Å². The first-order valence-electron chi connectivity index (χ1n) is 26.1. The molecule has 7 heteroatoms. The van der Waals surface area contributed by atoms with Crippen molar-refractivity contribution >= 4 is 144 Å². The van der Waals surface area contributed by atoms with Gasteiger partial charge in [0, 0.05) is 61.1 Å². The van der Waals surface area contributed by atoms with Crippen LogP contribution >= 0.6 is 0 Å². The molecule has 0 unspecified atom stereocenters. The fraction of sp³-hybridized carbons (Fsp3) is 0. The lowest BCUT2D eigenvalue weighted by Gasteiger charge is -2.32. The van der Waals surface area contributed by atoms with Crippen LogP contribution in [-0.4, -0.2) is 6.71 Å². The molecule has 0 radical (unpaired) electrons. The molecule has 0 atom stereocenters. The van der Waals surface area contributed by atoms with E-state index in [1.54, 1.807) is 0 Å². The fourth-order valence-corrected chi connectivity index (χ4v) is 12.4. The Kier molecular flexibility index (Phi) is 8.83. The maximum absolute atomic E-state index is 6.88. The summed E-state index contributed by atoms with van der Waals surface area (Å²) in [7, 11) is 0. The van der Waals surface area contributed by atoms with Crippen LogP contribution in [0.5, 0.6) is 23.0 Å². The Morgan fingerprint density at radius 2 is 0.610 bits per heavy atom. The number of anilines is 6. The van der Waals surface area contributed by atoms with Crippen LogP contribution in [0.4, 0.5) is 34.1 Å². The summed E-state index contributed by atoms with van der Waals surface area (Å²) in [6.45, 7) is -0.190. The van der Waals surface area contributed by atoms with Crippen molar-refractivity contribution in [1.82, 2.24) is 0 Å². The Bertz CT molecular complexity index is 4660. The van der Waals surface area contributed by atoms with E-state index >= 15 is 0 Å². The van der Waals surface area contributed by atoms with Crippen LogP contribution in [-0.2, 0) is 0 Å². The number of fused-ring (bicyclic) bond motifs is 14. The minimum absolute atomic E-state index is 0.190. The lowest BCUT2D eigenvalue weighted by atomic mass is 9.35. The molecule has 6 nitrogen and oxygen atoms in total. The van der Waals surface area contributed by atoms with Crippen LogP contribution in [0.15, 0.2) is 258 Å². The summed E-state index contributed by atoms with van der Waals surface area (Å²) in [5, 5.41) is 13.3. The highest BCUT2D eigenvalue weighted by molar-refractivity contribution is 6.98. The van der Waals surface area contributed by atoms with Gasteiger partial charge in [0.2, 0.25) is 0 Å². The monoisotopic (exact) mass is 984 g/mol. The Balaban J connectivity index is 0.768. The molecular formula is C70H41BN2O4. The van der Waals surface area contributed by atoms with E-state index < -0.39 is 0 Å². The zero-order chi connectivity index (χ0) is 50.3. The highest BCUT2D eigenvalue weighted by Gasteiger charge is 2.41. The van der Waals surface area contributed by atoms with E-state index in [1.807, 2.05) is 18.2 Å². The Hall–Kier alpha value is -10.2. The molecule has 358 valence electrons. The smallest absolute Gasteiger partial charge is 0.261 e. The minimum Gasteiger partial charge on any atom is -0.458 e. The van der Waals surface area contributed by atoms with Crippen molar-refractivity contribution in [1.29, 1.82) is 0 Å². The third-order valence-corrected chi connectivity index (χ3v) is 16.0. The number of ether oxygens (including phenoxy) is 2. The molecule has 15 aromatic rings. The van der Waals surface area contributed by atoms with Gasteiger partial charge in [-0.3, -0.25) is 0 Å². The highest BCUT2D eigenvalue weighted by atomic mass is 16.5. The van der Waals surface area contributed by atoms with Gasteiger partial charge in [-0.25, -0.2) is 0 Å². The van der Waals surface area contributed by atoms with Gasteiger partial charge in [0.1, 0.15) is 45.3 Å². The second-order valence-electron chi connectivity index (χ2n) is 20.4. The van der Waals surface area contributed by atoms with E-state index in [0.29, 0.717) is 0 Å². The Morgan fingerprint density at radius 1 is 0.247 bits per heavy atom. The van der Waals surface area contributed by atoms with E-state index in [4.69, 9.17) is 18.3 Å². The number of benzene rings is 13. The minimum atomic E-state index is -0.190. The average Bonchev–Trinajstić information content (AvgIpc) is 4.02. The van der Waals surface area contributed by atoms with E-state index in [2.05, 4.69) is 240 Å². The summed E-state index contributed by atoms with van der Waals surface area (Å²) in [6.07, 6.45) is 0. The number of rotatable bonds is 6. The van der Waals surface area contributed by atoms with Crippen molar-refractivity contribution in [3.8, 4) is 23.0 Å². The van der Waals surface area contributed by atoms with Crippen LogP contribution in [0.25, 0.3) is 87.0 Å². The molecule has 0 bridgehead atoms. The van der Waals surface area contributed by atoms with Crippen molar-refractivity contribution in [3.05, 3.63) is 249 Å². The van der Waals surface area contributed by atoms with Crippen LogP contribution in [0.1, 0.15) is 0 Å². The molecule has 2 aliphatic rings. The van der Waals surface area contributed by atoms with Crippen molar-refractivity contribution < 1.29 is 18.3 Å². The predicted molar refractivity (Wildman–Crippen MR) is 318 cm³/mol. The van der Waals surface area contributed by atoms with Crippen molar-refractivity contribution in [3.63, 3.8) is 0 Å². The number of furan rings is 2. The molecule has 2 aliphatic heterocycles. The third-order valence-electron chi connectivity index (χ3n) is 16.0. The number of hydrogen-bond donors (Lipinski definition) is 0. The lowest BCUT2D eigenvalue weighted by molar-refractivity contribution is 0.465. The molecule has 17 rings (SSSR count). The maximum Gasteiger partial charge on any atom is 0.261 e. The van der Waals surface area contributed by atoms with Crippen LogP contribution in [0, 0.1) is 0 Å². The zero-order valence-corrected chi connectivity index (χ0v) is 41.3. The Labute approximate surface area is 441 Å². The quantitative estimate of drug-likeness (QED) is 0.155. The molecule has 0 spiro atoms. The van der Waals surface area contributed by atoms with Gasteiger partial charge in [-0.1, -0.05) is 115 Å². The lowest BCUT2D eigenvalue weighted by Crippen LogP contribution is -2.57. The first-order chi connectivity index (χ1) is 38.1. The summed E-state index contributed by atoms with van der Waals surface area (Å²) in [5.74, 6) is 3.16. The first-order valence-corrected chi connectivity index (χ1v) is 26.1. The summed E-state index contributed by atoms with van der Waals surface area (Å²) < 4.78 is 27.4. The molecule has 2 aromatic heterocycles. The normalized spacial score (nSPS) is 12.6. The molecule has 0 N–H and O–H groups in total. The van der Waals surface area contributed by atoms with Gasteiger partial charge in [-0.2, -0.15) is 0 Å². The van der Waals surface area contributed by atoms with Gasteiger partial charge in [-0.15, -0.1) is 0 Å². The van der Waals surface area contributed by atoms with E-state index in [1.165, 1.54) is 21.5 Å². The van der Waals surface area contributed by atoms with E-state index in [9.17, 15) is 0 Å². The van der Waals surface area contributed by atoms with Crippen molar-refractivity contribution in [2.45, 2.75) is 0 Å². The summed E-state index contributed by atoms with van der Waals surface area (Å²) in [5.41, 5.74) is 12.8. The molecule has 0 saturated heterocycles. The first kappa shape index (κ1) is 42.2. The standard InChI is InChI=1S/C70H41BN2O4/c1-3-16-50(17-4-1)72(52-26-22-42-12-7-9-14-44(42)30-52)54-28-24-46-34-56-58-38-68-60(40-66(58)76-64(56)36-48(46)32-54)71-61-41-67-59(39-69(61)75-63-21-11-20-62(74-68)70(63)71)57-35-47-25-29-55(33-49(47)37-65(57)77-67)73(51-18-5-2-6-19-51)53-27-23-43-13-8-10-15-45(43)31-53/h1-41H. The largest absolute Gasteiger partial charge is 0.458 e. The molecule has 0 aliphatic carbocycles. The molecule has 77 heavy (non-hydrogen) atoms. The molecule has 0 amide bonds. The third kappa shape index (κ3) is 6.57. The summed E-state index contributed by atoms with van der Waals surface area (Å²) in [6, 6.07) is 88.5. The summed E-state index contributed by atoms with van der Waals surface area (Å²) >= 11 is 0. The van der Waals surface area contributed by atoms with E-state index in [0.717, 1.165) is 139 Å². The number of para-hydroxylation sites is 2. The fourth-order valence-electron chi connectivity index (χ4n) is 12.4. The summed E-state index contributed by atoms with van der Waals surface area (Å²) in [4.78, 5) is 4.64. The zero-order valence-electron chi connectivity index (χ0n) is 41.3. The second kappa shape index (κ2) is 16.1. The van der Waals surface area contributed by atoms with Gasteiger partial charge in [0.25, 0.3) is 6.71 Å². The number of nitrogens with zero attached hydrogens (tertiary/aromatic N) is 2. The topological polar surface area (TPSA) is 51.2 Å². The number of hydrogen-bond acceptors (Lipinski definition) is 6. The van der Waals surface area contributed by atoms with Crippen molar-refractivity contribution in [2.75, 3.05) is 9.80 Å². The predicted octanol–water partition coefficient (Wildman–Crippen LogP) is 17.8. The van der Waals surface area contributed by atoms with Crippen LogP contribution in [0.3, 0.4) is 0 Å². The maximum atomic E-state index is 6.88. The van der Waals surface area contributed by atoms with Gasteiger partial charge in [0.15, 0.2) is 0 Å². The Morgan fingerprint density at radius 3 is 1.06 bits per heavy atom. The van der Waals surface area contributed by atoms with Gasteiger partial charge in [-0.05, 0) is 187 Å². The van der Waals surface area contributed by atoms with Gasteiger partial charge < -0.3 is 28.1 Å². The molecule has 4 heterocycles.